The van der Waals surface area contributed by atoms with E-state index in [1.807, 2.05) is 31.3 Å². The first kappa shape index (κ1) is 27.9. The van der Waals surface area contributed by atoms with E-state index < -0.39 is 0 Å². The number of amides is 1. The van der Waals surface area contributed by atoms with E-state index in [2.05, 4.69) is 10.6 Å². The molecule has 0 unspecified atom stereocenters. The van der Waals surface area contributed by atoms with Gasteiger partial charge in [-0.25, -0.2) is 0 Å². The second kappa shape index (κ2) is 16.3. The van der Waals surface area contributed by atoms with E-state index in [9.17, 15) is 9.59 Å². The number of anilines is 1. The lowest BCUT2D eigenvalue weighted by Crippen LogP contribution is -2.37. The standard InChI is InChI=1S/C26H34N2O7/c1-27(22-9-7-8-12-24(22)31-2)13-16-33-19-20-34-17-14-28(26(30)21-35-18-15-29)23-10-5-4-6-11-25(23)32-3/h4-10,12,15H,13-14,16-21H2,1-3H3. The van der Waals surface area contributed by atoms with Gasteiger partial charge >= 0.3 is 0 Å². The number of nitrogens with zero attached hydrogens (tertiary/aromatic N) is 2. The first-order valence-corrected chi connectivity index (χ1v) is 11.3. The maximum absolute atomic E-state index is 12.7. The predicted octanol–water partition coefficient (Wildman–Crippen LogP) is 2.35. The van der Waals surface area contributed by atoms with Gasteiger partial charge in [0.2, 0.25) is 0 Å². The van der Waals surface area contributed by atoms with Gasteiger partial charge in [-0.2, -0.15) is 0 Å². The molecule has 1 amide bonds. The van der Waals surface area contributed by atoms with Gasteiger partial charge < -0.3 is 38.3 Å². The molecule has 0 bridgehead atoms. The second-order valence-corrected chi connectivity index (χ2v) is 7.33. The molecular formula is C26H34N2O7. The first-order valence-electron chi connectivity index (χ1n) is 11.3. The minimum atomic E-state index is -0.316. The van der Waals surface area contributed by atoms with Crippen LogP contribution in [0.15, 0.2) is 65.8 Å². The minimum absolute atomic E-state index is 0.147. The fourth-order valence-corrected chi connectivity index (χ4v) is 3.25. The van der Waals surface area contributed by atoms with Gasteiger partial charge in [-0.15, -0.1) is 0 Å². The zero-order valence-corrected chi connectivity index (χ0v) is 20.6. The zero-order chi connectivity index (χ0) is 25.3. The number of allylic oxidation sites excluding steroid dienone is 3. The van der Waals surface area contributed by atoms with E-state index in [1.165, 1.54) is 12.0 Å². The molecule has 190 valence electrons. The Morgan fingerprint density at radius 2 is 1.71 bits per heavy atom. The lowest BCUT2D eigenvalue weighted by atomic mass is 10.2. The number of methoxy groups -OCH3 is 2. The van der Waals surface area contributed by atoms with E-state index in [0.29, 0.717) is 44.1 Å². The molecule has 0 radical (unpaired) electrons. The molecule has 0 saturated carbocycles. The van der Waals surface area contributed by atoms with Crippen molar-refractivity contribution in [2.45, 2.75) is 0 Å². The minimum Gasteiger partial charge on any atom is -0.495 e. The summed E-state index contributed by atoms with van der Waals surface area (Å²) in [5.74, 6) is 0.917. The van der Waals surface area contributed by atoms with E-state index >= 15 is 0 Å². The molecule has 0 saturated heterocycles. The lowest BCUT2D eigenvalue weighted by molar-refractivity contribution is -0.135. The van der Waals surface area contributed by atoms with Gasteiger partial charge in [0.1, 0.15) is 25.2 Å². The quantitative estimate of drug-likeness (QED) is 0.188. The van der Waals surface area contributed by atoms with E-state index in [4.69, 9.17) is 23.7 Å². The molecule has 0 aliphatic heterocycles. The molecule has 1 aromatic carbocycles. The molecule has 0 N–H and O–H groups in total. The Hall–Kier alpha value is -3.36. The van der Waals surface area contributed by atoms with E-state index in [1.54, 1.807) is 31.4 Å². The predicted molar refractivity (Wildman–Crippen MR) is 132 cm³/mol. The van der Waals surface area contributed by atoms with Gasteiger partial charge in [0.15, 0.2) is 5.76 Å². The maximum Gasteiger partial charge on any atom is 0.253 e. The lowest BCUT2D eigenvalue weighted by Gasteiger charge is -2.25. The van der Waals surface area contributed by atoms with Crippen LogP contribution in [0.1, 0.15) is 0 Å². The smallest absolute Gasteiger partial charge is 0.253 e. The Kier molecular flexibility index (Phi) is 13.0. The third-order valence-electron chi connectivity index (χ3n) is 5.01. The highest BCUT2D eigenvalue weighted by atomic mass is 16.5. The van der Waals surface area contributed by atoms with Crippen molar-refractivity contribution in [3.05, 3.63) is 65.8 Å². The Labute approximate surface area is 206 Å². The molecule has 0 atom stereocenters. The van der Waals surface area contributed by atoms with Crippen LogP contribution in [0, 0.1) is 0 Å². The fourth-order valence-electron chi connectivity index (χ4n) is 3.25. The number of hydrogen-bond acceptors (Lipinski definition) is 8. The van der Waals surface area contributed by atoms with Crippen molar-refractivity contribution >= 4 is 17.9 Å². The van der Waals surface area contributed by atoms with Crippen LogP contribution in [0.5, 0.6) is 5.75 Å². The largest absolute Gasteiger partial charge is 0.495 e. The van der Waals surface area contributed by atoms with Gasteiger partial charge in [-0.05, 0) is 24.3 Å². The van der Waals surface area contributed by atoms with Crippen LogP contribution in [-0.4, -0.2) is 91.1 Å². The Balaban J connectivity index is 1.77. The highest BCUT2D eigenvalue weighted by Gasteiger charge is 2.22. The number of para-hydroxylation sites is 2. The monoisotopic (exact) mass is 486 g/mol. The van der Waals surface area contributed by atoms with Crippen LogP contribution in [-0.2, 0) is 28.5 Å². The van der Waals surface area contributed by atoms with E-state index in [-0.39, 0.29) is 32.3 Å². The molecule has 1 aromatic rings. The summed E-state index contributed by atoms with van der Waals surface area (Å²) in [6, 6.07) is 7.82. The normalized spacial score (nSPS) is 12.4. The van der Waals surface area contributed by atoms with Crippen molar-refractivity contribution in [2.24, 2.45) is 0 Å². The molecule has 0 heterocycles. The van der Waals surface area contributed by atoms with Gasteiger partial charge in [-0.3, -0.25) is 4.79 Å². The van der Waals surface area contributed by atoms with Crippen molar-refractivity contribution in [3.63, 3.8) is 0 Å². The number of likely N-dealkylation sites (N-methyl/N-ethyl adjacent to an activating group) is 1. The van der Waals surface area contributed by atoms with Crippen molar-refractivity contribution in [2.75, 3.05) is 78.9 Å². The van der Waals surface area contributed by atoms with Crippen LogP contribution in [0.4, 0.5) is 5.69 Å². The highest BCUT2D eigenvalue weighted by molar-refractivity contribution is 5.80. The summed E-state index contributed by atoms with van der Waals surface area (Å²) in [5.41, 5.74) is 4.52. The van der Waals surface area contributed by atoms with Crippen molar-refractivity contribution in [1.29, 1.82) is 0 Å². The molecule has 35 heavy (non-hydrogen) atoms. The molecule has 1 aliphatic rings. The Bertz CT molecular complexity index is 935. The SMILES string of the molecule is COC1=C=CC=CC=C1N(CCOCCOCCN(C)c1ccccc1OC)C(=O)COCC=O. The van der Waals surface area contributed by atoms with Crippen LogP contribution >= 0.6 is 0 Å². The Morgan fingerprint density at radius 3 is 2.43 bits per heavy atom. The van der Waals surface area contributed by atoms with Crippen LogP contribution < -0.4 is 9.64 Å². The Morgan fingerprint density at radius 1 is 0.971 bits per heavy atom. The molecule has 9 nitrogen and oxygen atoms in total. The number of carbonyl (C=O) groups excluding carboxylic acids is 2. The second-order valence-electron chi connectivity index (χ2n) is 7.33. The summed E-state index contributed by atoms with van der Waals surface area (Å²) in [7, 11) is 5.15. The molecule has 1 aliphatic carbocycles. The summed E-state index contributed by atoms with van der Waals surface area (Å²) >= 11 is 0. The first-order chi connectivity index (χ1) is 17.1. The summed E-state index contributed by atoms with van der Waals surface area (Å²) in [6.45, 7) is 2.21. The summed E-state index contributed by atoms with van der Waals surface area (Å²) in [5, 5.41) is 0. The van der Waals surface area contributed by atoms with Gasteiger partial charge in [0, 0.05) is 20.1 Å². The van der Waals surface area contributed by atoms with E-state index in [0.717, 1.165) is 11.4 Å². The molecular weight excluding hydrogens is 452 g/mol. The highest BCUT2D eigenvalue weighted by Crippen LogP contribution is 2.26. The topological polar surface area (TPSA) is 86.8 Å². The molecule has 0 spiro atoms. The third-order valence-corrected chi connectivity index (χ3v) is 5.01. The van der Waals surface area contributed by atoms with Crippen LogP contribution in [0.3, 0.4) is 0 Å². The molecule has 9 heteroatoms. The number of carbonyl (C=O) groups is 2. The summed E-state index contributed by atoms with van der Waals surface area (Å²) in [6.07, 6.45) is 7.64. The average Bonchev–Trinajstić information content (AvgIpc) is 3.13. The number of hydrogen-bond donors (Lipinski definition) is 0. The number of rotatable bonds is 17. The third kappa shape index (κ3) is 9.42. The molecule has 0 aromatic heterocycles. The maximum atomic E-state index is 12.7. The van der Waals surface area contributed by atoms with Crippen molar-refractivity contribution in [3.8, 4) is 5.75 Å². The molecule has 2 rings (SSSR count). The summed E-state index contributed by atoms with van der Waals surface area (Å²) < 4.78 is 27.2. The number of benzene rings is 1. The van der Waals surface area contributed by atoms with Crippen LogP contribution in [0.2, 0.25) is 0 Å². The molecule has 0 fully saturated rings. The van der Waals surface area contributed by atoms with Crippen molar-refractivity contribution in [1.82, 2.24) is 4.90 Å². The number of aldehydes is 1. The van der Waals surface area contributed by atoms with Crippen LogP contribution in [0.25, 0.3) is 0 Å². The fraction of sp³-hybridized carbons (Fsp3) is 0.423. The van der Waals surface area contributed by atoms with Crippen molar-refractivity contribution < 1.29 is 33.3 Å². The van der Waals surface area contributed by atoms with Gasteiger partial charge in [-0.1, -0.05) is 30.0 Å². The van der Waals surface area contributed by atoms with Gasteiger partial charge in [0.05, 0.1) is 52.0 Å². The summed E-state index contributed by atoms with van der Waals surface area (Å²) in [4.78, 5) is 26.8. The zero-order valence-electron chi connectivity index (χ0n) is 20.6. The van der Waals surface area contributed by atoms with Gasteiger partial charge in [0.25, 0.3) is 5.91 Å². The number of ether oxygens (including phenoxy) is 5. The average molecular weight is 487 g/mol.